The molecular weight excluding hydrogens is 450 g/mol. The third kappa shape index (κ3) is 6.24. The number of carboxylic acid groups (broad SMARTS) is 1. The predicted molar refractivity (Wildman–Crippen MR) is 130 cm³/mol. The second-order valence-electron chi connectivity index (χ2n) is 8.65. The average Bonchev–Trinajstić information content (AvgIpc) is 3.33. The lowest BCUT2D eigenvalue weighted by Crippen LogP contribution is -2.27. The van der Waals surface area contributed by atoms with E-state index < -0.39 is 15.8 Å². The minimum atomic E-state index is -3.30. The van der Waals surface area contributed by atoms with Crippen molar-refractivity contribution in [1.29, 1.82) is 0 Å². The van der Waals surface area contributed by atoms with E-state index in [0.29, 0.717) is 30.9 Å². The molecule has 1 saturated heterocycles. The van der Waals surface area contributed by atoms with Gasteiger partial charge >= 0.3 is 5.97 Å². The number of carbonyl (C=O) groups is 1. The monoisotopic (exact) mass is 479 g/mol. The second-order valence-corrected chi connectivity index (χ2v) is 10.9. The van der Waals surface area contributed by atoms with Crippen molar-refractivity contribution in [3.05, 3.63) is 95.6 Å². The summed E-state index contributed by atoms with van der Waals surface area (Å²) in [7, 11) is -3.30. The van der Waals surface area contributed by atoms with Gasteiger partial charge < -0.3 is 9.84 Å². The van der Waals surface area contributed by atoms with Crippen molar-refractivity contribution in [2.75, 3.05) is 13.1 Å². The molecule has 6 nitrogen and oxygen atoms in total. The number of sulfone groups is 1. The summed E-state index contributed by atoms with van der Waals surface area (Å²) in [6.07, 6.45) is 1.28. The van der Waals surface area contributed by atoms with Crippen LogP contribution in [0.2, 0.25) is 0 Å². The minimum Gasteiger partial charge on any atom is -0.489 e. The Morgan fingerprint density at radius 1 is 0.912 bits per heavy atom. The van der Waals surface area contributed by atoms with E-state index in [0.717, 1.165) is 35.5 Å². The van der Waals surface area contributed by atoms with E-state index in [2.05, 4.69) is 17.0 Å². The third-order valence-electron chi connectivity index (χ3n) is 6.13. The Balaban J connectivity index is 1.26. The minimum absolute atomic E-state index is 0.119. The standard InChI is InChI=1S/C27H29NO5S/c29-27(30)15-12-21-10-13-24(14-11-21)33-20-23-8-6-22(7-9-23)18-28-17-16-26(19-28)34(31,32)25-4-2-1-3-5-25/h1-11,13-14,26H,12,15-20H2,(H,29,30). The Morgan fingerprint density at radius 2 is 1.56 bits per heavy atom. The first-order valence-electron chi connectivity index (χ1n) is 11.4. The molecule has 0 radical (unpaired) electrons. The molecule has 0 saturated carbocycles. The quantitative estimate of drug-likeness (QED) is 0.466. The molecule has 1 aliphatic heterocycles. The number of carboxylic acids is 1. The van der Waals surface area contributed by atoms with Gasteiger partial charge in [0.05, 0.1) is 10.1 Å². The predicted octanol–water partition coefficient (Wildman–Crippen LogP) is 4.33. The van der Waals surface area contributed by atoms with Gasteiger partial charge in [0, 0.05) is 19.5 Å². The van der Waals surface area contributed by atoms with Crippen LogP contribution in [0, 0.1) is 0 Å². The molecular formula is C27H29NO5S. The van der Waals surface area contributed by atoms with E-state index in [1.807, 2.05) is 42.5 Å². The lowest BCUT2D eigenvalue weighted by molar-refractivity contribution is -0.136. The summed E-state index contributed by atoms with van der Waals surface area (Å²) in [5.74, 6) is -0.0589. The average molecular weight is 480 g/mol. The van der Waals surface area contributed by atoms with Crippen LogP contribution < -0.4 is 4.74 Å². The SMILES string of the molecule is O=C(O)CCc1ccc(OCc2ccc(CN3CCC(S(=O)(=O)c4ccccc4)C3)cc2)cc1. The smallest absolute Gasteiger partial charge is 0.303 e. The van der Waals surface area contributed by atoms with Gasteiger partial charge in [-0.15, -0.1) is 0 Å². The van der Waals surface area contributed by atoms with Crippen molar-refractivity contribution >= 4 is 15.8 Å². The third-order valence-corrected chi connectivity index (χ3v) is 8.32. The number of ether oxygens (including phenoxy) is 1. The summed E-state index contributed by atoms with van der Waals surface area (Å²) in [5.41, 5.74) is 3.16. The summed E-state index contributed by atoms with van der Waals surface area (Å²) >= 11 is 0. The molecule has 0 aliphatic carbocycles. The molecule has 1 heterocycles. The number of hydrogen-bond acceptors (Lipinski definition) is 5. The Kier molecular flexibility index (Phi) is 7.65. The number of benzene rings is 3. The zero-order chi connectivity index (χ0) is 24.0. The number of nitrogens with zero attached hydrogens (tertiary/aromatic N) is 1. The summed E-state index contributed by atoms with van der Waals surface area (Å²) < 4.78 is 31.6. The summed E-state index contributed by atoms with van der Waals surface area (Å²) in [5, 5.41) is 8.41. The van der Waals surface area contributed by atoms with Crippen LogP contribution in [0.3, 0.4) is 0 Å². The lowest BCUT2D eigenvalue weighted by atomic mass is 10.1. The molecule has 1 aliphatic rings. The van der Waals surface area contributed by atoms with Gasteiger partial charge in [0.25, 0.3) is 0 Å². The molecule has 34 heavy (non-hydrogen) atoms. The molecule has 1 atom stereocenters. The van der Waals surface area contributed by atoms with Crippen LogP contribution >= 0.6 is 0 Å². The second kappa shape index (κ2) is 10.8. The Labute approximate surface area is 200 Å². The molecule has 0 spiro atoms. The molecule has 1 unspecified atom stereocenters. The fourth-order valence-electron chi connectivity index (χ4n) is 4.17. The maximum Gasteiger partial charge on any atom is 0.303 e. The Morgan fingerprint density at radius 3 is 2.24 bits per heavy atom. The van der Waals surface area contributed by atoms with Crippen LogP contribution in [-0.2, 0) is 34.2 Å². The van der Waals surface area contributed by atoms with Gasteiger partial charge in [0.1, 0.15) is 12.4 Å². The molecule has 0 bridgehead atoms. The molecule has 1 fully saturated rings. The molecule has 7 heteroatoms. The van der Waals surface area contributed by atoms with Gasteiger partial charge in [-0.2, -0.15) is 0 Å². The fourth-order valence-corrected chi connectivity index (χ4v) is 5.91. The highest BCUT2D eigenvalue weighted by molar-refractivity contribution is 7.92. The van der Waals surface area contributed by atoms with E-state index in [4.69, 9.17) is 9.84 Å². The Hall–Kier alpha value is -3.16. The fraction of sp³-hybridized carbons (Fsp3) is 0.296. The van der Waals surface area contributed by atoms with E-state index in [1.165, 1.54) is 0 Å². The molecule has 3 aromatic rings. The molecule has 0 aromatic heterocycles. The maximum absolute atomic E-state index is 12.9. The van der Waals surface area contributed by atoms with Gasteiger partial charge in [0.15, 0.2) is 9.84 Å². The number of aryl methyl sites for hydroxylation is 1. The number of aliphatic carboxylic acids is 1. The first-order valence-corrected chi connectivity index (χ1v) is 13.0. The number of likely N-dealkylation sites (tertiary alicyclic amines) is 1. The lowest BCUT2D eigenvalue weighted by Gasteiger charge is -2.17. The van der Waals surface area contributed by atoms with Gasteiger partial charge in [-0.3, -0.25) is 9.69 Å². The molecule has 0 amide bonds. The first kappa shape index (κ1) is 24.0. The first-order chi connectivity index (χ1) is 16.4. The Bertz CT molecular complexity index is 1190. The number of hydrogen-bond donors (Lipinski definition) is 1. The topological polar surface area (TPSA) is 83.9 Å². The van der Waals surface area contributed by atoms with Gasteiger partial charge in [0.2, 0.25) is 0 Å². The number of rotatable bonds is 10. The van der Waals surface area contributed by atoms with Crippen LogP contribution in [0.4, 0.5) is 0 Å². The van der Waals surface area contributed by atoms with Crippen molar-refractivity contribution < 1.29 is 23.1 Å². The normalized spacial score (nSPS) is 16.4. The highest BCUT2D eigenvalue weighted by Gasteiger charge is 2.33. The zero-order valence-corrected chi connectivity index (χ0v) is 19.8. The molecule has 3 aromatic carbocycles. The van der Waals surface area contributed by atoms with E-state index in [1.54, 1.807) is 24.3 Å². The van der Waals surface area contributed by atoms with Crippen molar-refractivity contribution in [2.45, 2.75) is 42.6 Å². The highest BCUT2D eigenvalue weighted by atomic mass is 32.2. The largest absolute Gasteiger partial charge is 0.489 e. The summed E-state index contributed by atoms with van der Waals surface area (Å²) in [4.78, 5) is 13.3. The van der Waals surface area contributed by atoms with Crippen molar-refractivity contribution in [1.82, 2.24) is 4.90 Å². The van der Waals surface area contributed by atoms with E-state index in [9.17, 15) is 13.2 Å². The van der Waals surface area contributed by atoms with Crippen LogP contribution in [0.25, 0.3) is 0 Å². The maximum atomic E-state index is 12.9. The van der Waals surface area contributed by atoms with Gasteiger partial charge in [-0.05, 0) is 60.3 Å². The molecule has 178 valence electrons. The van der Waals surface area contributed by atoms with Crippen molar-refractivity contribution in [2.24, 2.45) is 0 Å². The van der Waals surface area contributed by atoms with Crippen molar-refractivity contribution in [3.63, 3.8) is 0 Å². The zero-order valence-electron chi connectivity index (χ0n) is 19.0. The summed E-state index contributed by atoms with van der Waals surface area (Å²) in [6, 6.07) is 24.4. The summed E-state index contributed by atoms with van der Waals surface area (Å²) in [6.45, 7) is 2.48. The van der Waals surface area contributed by atoms with Crippen LogP contribution in [0.1, 0.15) is 29.5 Å². The molecule has 4 rings (SSSR count). The van der Waals surface area contributed by atoms with Crippen LogP contribution in [0.15, 0.2) is 83.8 Å². The van der Waals surface area contributed by atoms with Crippen molar-refractivity contribution in [3.8, 4) is 5.75 Å². The van der Waals surface area contributed by atoms with E-state index >= 15 is 0 Å². The van der Waals surface area contributed by atoms with Crippen LogP contribution in [0.5, 0.6) is 5.75 Å². The van der Waals surface area contributed by atoms with Gasteiger partial charge in [-0.25, -0.2) is 8.42 Å². The van der Waals surface area contributed by atoms with E-state index in [-0.39, 0.29) is 11.7 Å². The highest BCUT2D eigenvalue weighted by Crippen LogP contribution is 2.25. The van der Waals surface area contributed by atoms with Crippen LogP contribution in [-0.4, -0.2) is 42.7 Å². The molecule has 1 N–H and O–H groups in total. The van der Waals surface area contributed by atoms with Gasteiger partial charge in [-0.1, -0.05) is 54.6 Å².